The van der Waals surface area contributed by atoms with Gasteiger partial charge in [-0.2, -0.15) is 26.3 Å². The van der Waals surface area contributed by atoms with Crippen LogP contribution in [-0.4, -0.2) is 5.91 Å². The normalized spacial score (nSPS) is 16.9. The minimum absolute atomic E-state index is 0.000817. The number of nitrogens with one attached hydrogen (secondary N) is 1. The molecule has 0 saturated heterocycles. The molecule has 0 bridgehead atoms. The molecular weight excluding hydrogens is 440 g/mol. The highest BCUT2D eigenvalue weighted by atomic mass is 79.9. The van der Waals surface area contributed by atoms with Gasteiger partial charge in [-0.3, -0.25) is 4.79 Å². The number of alkyl halides is 6. The summed E-state index contributed by atoms with van der Waals surface area (Å²) in [6, 6.07) is 5.79. The molecule has 0 radical (unpaired) electrons. The summed E-state index contributed by atoms with van der Waals surface area (Å²) in [5, 5.41) is 2.54. The maximum atomic E-state index is 12.9. The van der Waals surface area contributed by atoms with Crippen molar-refractivity contribution in [2.24, 2.45) is 0 Å². The molecule has 1 N–H and O–H groups in total. The molecule has 0 spiro atoms. The first-order valence-corrected chi connectivity index (χ1v) is 8.63. The summed E-state index contributed by atoms with van der Waals surface area (Å²) in [6.45, 7) is 0. The number of carbonyl (C=O) groups excluding carboxylic acids is 1. The summed E-state index contributed by atoms with van der Waals surface area (Å²) in [4.78, 5) is 12.4. The molecule has 1 aliphatic carbocycles. The fourth-order valence-electron chi connectivity index (χ4n) is 3.06. The lowest BCUT2D eigenvalue weighted by Crippen LogP contribution is -2.28. The molecule has 0 fully saturated rings. The summed E-state index contributed by atoms with van der Waals surface area (Å²) in [7, 11) is 0. The van der Waals surface area contributed by atoms with Gasteiger partial charge >= 0.3 is 12.4 Å². The van der Waals surface area contributed by atoms with Crippen LogP contribution >= 0.6 is 15.9 Å². The van der Waals surface area contributed by atoms with Crippen molar-refractivity contribution in [3.8, 4) is 0 Å². The molecule has 0 saturated carbocycles. The van der Waals surface area contributed by atoms with Crippen LogP contribution in [0.25, 0.3) is 0 Å². The molecule has 0 aliphatic heterocycles. The van der Waals surface area contributed by atoms with Gasteiger partial charge in [0.15, 0.2) is 0 Å². The van der Waals surface area contributed by atoms with Gasteiger partial charge in [-0.05, 0) is 54.3 Å². The van der Waals surface area contributed by atoms with Crippen LogP contribution in [0.15, 0.2) is 40.9 Å². The average Bonchev–Trinajstić information content (AvgIpc) is 2.94. The first-order chi connectivity index (χ1) is 12.4. The van der Waals surface area contributed by atoms with Crippen molar-refractivity contribution < 1.29 is 31.1 Å². The van der Waals surface area contributed by atoms with Gasteiger partial charge < -0.3 is 5.32 Å². The van der Waals surface area contributed by atoms with Crippen LogP contribution in [0.4, 0.5) is 26.3 Å². The molecule has 2 aromatic rings. The van der Waals surface area contributed by atoms with E-state index in [2.05, 4.69) is 21.2 Å². The fourth-order valence-corrected chi connectivity index (χ4v) is 3.47. The Morgan fingerprint density at radius 3 is 2.11 bits per heavy atom. The summed E-state index contributed by atoms with van der Waals surface area (Å²) in [5.41, 5.74) is -1.94. The monoisotopic (exact) mass is 451 g/mol. The lowest BCUT2D eigenvalue weighted by Gasteiger charge is -2.17. The van der Waals surface area contributed by atoms with Crippen molar-refractivity contribution in [1.29, 1.82) is 0 Å². The molecule has 1 aliphatic rings. The van der Waals surface area contributed by atoms with Crippen molar-refractivity contribution in [1.82, 2.24) is 5.32 Å². The number of carbonyl (C=O) groups is 1. The van der Waals surface area contributed by atoms with E-state index >= 15 is 0 Å². The molecular formula is C18H12BrF6NO. The summed E-state index contributed by atoms with van der Waals surface area (Å²) < 4.78 is 78.5. The fraction of sp³-hybridized carbons (Fsp3) is 0.278. The number of rotatable bonds is 2. The van der Waals surface area contributed by atoms with Crippen LogP contribution in [0.1, 0.15) is 45.1 Å². The van der Waals surface area contributed by atoms with Crippen LogP contribution in [0, 0.1) is 0 Å². The van der Waals surface area contributed by atoms with E-state index in [0.717, 1.165) is 15.6 Å². The van der Waals surface area contributed by atoms with Crippen molar-refractivity contribution in [2.45, 2.75) is 31.2 Å². The van der Waals surface area contributed by atoms with Gasteiger partial charge in [0.05, 0.1) is 17.2 Å². The zero-order valence-electron chi connectivity index (χ0n) is 13.5. The quantitative estimate of drug-likeness (QED) is 0.565. The second-order valence-electron chi connectivity index (χ2n) is 6.20. The minimum atomic E-state index is -5.00. The molecule has 2 nitrogen and oxygen atoms in total. The summed E-state index contributed by atoms with van der Waals surface area (Å²) in [5.74, 6) is -0.979. The third-order valence-corrected chi connectivity index (χ3v) is 4.83. The summed E-state index contributed by atoms with van der Waals surface area (Å²) in [6.07, 6.45) is -8.83. The van der Waals surface area contributed by atoms with E-state index in [0.29, 0.717) is 25.0 Å². The highest BCUT2D eigenvalue weighted by Gasteiger charge is 2.37. The Kier molecular flexibility index (Phi) is 5.00. The SMILES string of the molecule is O=C(NC1CCc2cc(Br)ccc21)c1cc(C(F)(F)F)cc(C(F)(F)F)c1. The van der Waals surface area contributed by atoms with Gasteiger partial charge in [-0.15, -0.1) is 0 Å². The number of aryl methyl sites for hydroxylation is 1. The number of hydrogen-bond donors (Lipinski definition) is 1. The highest BCUT2D eigenvalue weighted by molar-refractivity contribution is 9.10. The van der Waals surface area contributed by atoms with Gasteiger partial charge in [0.1, 0.15) is 0 Å². The maximum Gasteiger partial charge on any atom is 0.416 e. The van der Waals surface area contributed by atoms with E-state index in [1.54, 1.807) is 12.1 Å². The standard InChI is InChI=1S/C18H12BrF6NO/c19-13-2-3-14-9(7-13)1-4-15(14)26-16(27)10-5-11(17(20,21)22)8-12(6-10)18(23,24)25/h2-3,5-8,15H,1,4H2,(H,26,27). The van der Waals surface area contributed by atoms with Crippen LogP contribution in [0.5, 0.6) is 0 Å². The Labute approximate surface area is 158 Å². The zero-order chi connectivity index (χ0) is 20.0. The second kappa shape index (κ2) is 6.85. The van der Waals surface area contributed by atoms with Crippen LogP contribution in [0.2, 0.25) is 0 Å². The molecule has 144 valence electrons. The molecule has 0 heterocycles. The number of amides is 1. The van der Waals surface area contributed by atoms with Crippen molar-refractivity contribution in [3.63, 3.8) is 0 Å². The van der Waals surface area contributed by atoms with Crippen molar-refractivity contribution in [3.05, 3.63) is 68.7 Å². The molecule has 27 heavy (non-hydrogen) atoms. The van der Waals surface area contributed by atoms with Crippen LogP contribution in [0.3, 0.4) is 0 Å². The predicted molar refractivity (Wildman–Crippen MR) is 89.1 cm³/mol. The average molecular weight is 452 g/mol. The number of halogens is 7. The lowest BCUT2D eigenvalue weighted by atomic mass is 10.0. The third kappa shape index (κ3) is 4.28. The second-order valence-corrected chi connectivity index (χ2v) is 7.12. The predicted octanol–water partition coefficient (Wildman–Crippen LogP) is 5.90. The van der Waals surface area contributed by atoms with Crippen molar-refractivity contribution >= 4 is 21.8 Å². The maximum absolute atomic E-state index is 12.9. The molecule has 0 aromatic heterocycles. The molecule has 2 aromatic carbocycles. The number of fused-ring (bicyclic) bond motifs is 1. The van der Waals surface area contributed by atoms with Crippen molar-refractivity contribution in [2.75, 3.05) is 0 Å². The number of hydrogen-bond acceptors (Lipinski definition) is 1. The van der Waals surface area contributed by atoms with Gasteiger partial charge in [0.25, 0.3) is 5.91 Å². The Morgan fingerprint density at radius 2 is 1.56 bits per heavy atom. The minimum Gasteiger partial charge on any atom is -0.345 e. The number of benzene rings is 2. The van der Waals surface area contributed by atoms with Gasteiger partial charge in [0, 0.05) is 10.0 Å². The van der Waals surface area contributed by atoms with E-state index < -0.39 is 41.0 Å². The topological polar surface area (TPSA) is 29.1 Å². The molecule has 1 atom stereocenters. The van der Waals surface area contributed by atoms with Crippen LogP contribution < -0.4 is 5.32 Å². The third-order valence-electron chi connectivity index (χ3n) is 4.34. The molecule has 3 rings (SSSR count). The van der Waals surface area contributed by atoms with E-state index in [4.69, 9.17) is 0 Å². The molecule has 1 amide bonds. The van der Waals surface area contributed by atoms with E-state index in [9.17, 15) is 31.1 Å². The molecule has 1 unspecified atom stereocenters. The summed E-state index contributed by atoms with van der Waals surface area (Å²) >= 11 is 3.32. The largest absolute Gasteiger partial charge is 0.416 e. The van der Waals surface area contributed by atoms with Gasteiger partial charge in [-0.1, -0.05) is 22.0 Å². The first kappa shape index (κ1) is 19.7. The van der Waals surface area contributed by atoms with Crippen LogP contribution in [-0.2, 0) is 18.8 Å². The van der Waals surface area contributed by atoms with Gasteiger partial charge in [-0.25, -0.2) is 0 Å². The Hall–Kier alpha value is -2.03. The van der Waals surface area contributed by atoms with E-state index in [-0.39, 0.29) is 6.07 Å². The molecule has 9 heteroatoms. The Morgan fingerprint density at radius 1 is 0.963 bits per heavy atom. The Balaban J connectivity index is 1.91. The smallest absolute Gasteiger partial charge is 0.345 e. The zero-order valence-corrected chi connectivity index (χ0v) is 15.1. The van der Waals surface area contributed by atoms with Gasteiger partial charge in [0.2, 0.25) is 0 Å². The Bertz CT molecular complexity index is 858. The van der Waals surface area contributed by atoms with E-state index in [1.807, 2.05) is 6.07 Å². The lowest BCUT2D eigenvalue weighted by molar-refractivity contribution is -0.143. The first-order valence-electron chi connectivity index (χ1n) is 7.84. The van der Waals surface area contributed by atoms with E-state index in [1.165, 1.54) is 0 Å². The highest BCUT2D eigenvalue weighted by Crippen LogP contribution is 2.37.